The Balaban J connectivity index is 2.14. The van der Waals surface area contributed by atoms with Gasteiger partial charge >= 0.3 is 0 Å². The molecule has 18 heavy (non-hydrogen) atoms. The Labute approximate surface area is 104 Å². The molecule has 0 spiro atoms. The SMILES string of the molecule is O=c1cc(N2CCOCC2)[nH]c2c(O)cccc12. The van der Waals surface area contributed by atoms with Gasteiger partial charge in [0.05, 0.1) is 18.7 Å². The fourth-order valence-electron chi connectivity index (χ4n) is 2.22. The normalized spacial score (nSPS) is 16.1. The van der Waals surface area contributed by atoms with Crippen molar-refractivity contribution in [3.05, 3.63) is 34.5 Å². The number of hydrogen-bond donors (Lipinski definition) is 2. The van der Waals surface area contributed by atoms with E-state index in [1.807, 2.05) is 0 Å². The zero-order valence-corrected chi connectivity index (χ0v) is 9.85. The molecule has 1 fully saturated rings. The molecule has 94 valence electrons. The number of anilines is 1. The van der Waals surface area contributed by atoms with E-state index in [2.05, 4.69) is 9.88 Å². The maximum atomic E-state index is 12.0. The smallest absolute Gasteiger partial charge is 0.191 e. The van der Waals surface area contributed by atoms with Gasteiger partial charge in [-0.1, -0.05) is 6.07 Å². The molecule has 0 unspecified atom stereocenters. The van der Waals surface area contributed by atoms with Crippen LogP contribution in [0, 0.1) is 0 Å². The summed E-state index contributed by atoms with van der Waals surface area (Å²) in [6, 6.07) is 6.52. The lowest BCUT2D eigenvalue weighted by atomic mass is 10.2. The van der Waals surface area contributed by atoms with Gasteiger partial charge in [0.25, 0.3) is 0 Å². The van der Waals surface area contributed by atoms with E-state index >= 15 is 0 Å². The Morgan fingerprint density at radius 1 is 1.28 bits per heavy atom. The number of H-pyrrole nitrogens is 1. The molecule has 0 saturated carbocycles. The van der Waals surface area contributed by atoms with E-state index in [0.29, 0.717) is 24.1 Å². The largest absolute Gasteiger partial charge is 0.506 e. The minimum Gasteiger partial charge on any atom is -0.506 e. The monoisotopic (exact) mass is 246 g/mol. The van der Waals surface area contributed by atoms with Crippen LogP contribution in [0.2, 0.25) is 0 Å². The summed E-state index contributed by atoms with van der Waals surface area (Å²) in [7, 11) is 0. The number of aromatic nitrogens is 1. The summed E-state index contributed by atoms with van der Waals surface area (Å²) in [4.78, 5) is 17.2. The minimum absolute atomic E-state index is 0.0823. The molecule has 1 aromatic heterocycles. The van der Waals surface area contributed by atoms with Crippen LogP contribution < -0.4 is 10.3 Å². The summed E-state index contributed by atoms with van der Waals surface area (Å²) in [5.74, 6) is 0.831. The summed E-state index contributed by atoms with van der Waals surface area (Å²) >= 11 is 0. The van der Waals surface area contributed by atoms with Gasteiger partial charge in [0.1, 0.15) is 11.6 Å². The minimum atomic E-state index is -0.0823. The highest BCUT2D eigenvalue weighted by Gasteiger charge is 2.14. The third-order valence-corrected chi connectivity index (χ3v) is 3.18. The molecule has 5 heteroatoms. The molecule has 1 saturated heterocycles. The molecular weight excluding hydrogens is 232 g/mol. The third kappa shape index (κ3) is 1.82. The van der Waals surface area contributed by atoms with Crippen LogP contribution in [0.25, 0.3) is 10.9 Å². The molecule has 2 aromatic rings. The highest BCUT2D eigenvalue weighted by Crippen LogP contribution is 2.22. The molecule has 5 nitrogen and oxygen atoms in total. The summed E-state index contributed by atoms with van der Waals surface area (Å²) in [6.45, 7) is 2.80. The van der Waals surface area contributed by atoms with E-state index in [1.165, 1.54) is 0 Å². The van der Waals surface area contributed by atoms with Crippen molar-refractivity contribution in [2.75, 3.05) is 31.2 Å². The summed E-state index contributed by atoms with van der Waals surface area (Å²) in [5.41, 5.74) is 0.410. The Morgan fingerprint density at radius 3 is 2.83 bits per heavy atom. The molecule has 0 radical (unpaired) electrons. The zero-order valence-electron chi connectivity index (χ0n) is 9.85. The standard InChI is InChI=1S/C13H14N2O3/c16-10-3-1-2-9-11(17)8-12(14-13(9)10)15-4-6-18-7-5-15/h1-3,8,16H,4-7H2,(H,14,17). The van der Waals surface area contributed by atoms with Crippen molar-refractivity contribution in [3.63, 3.8) is 0 Å². The highest BCUT2D eigenvalue weighted by atomic mass is 16.5. The number of morpholine rings is 1. The Morgan fingerprint density at radius 2 is 2.06 bits per heavy atom. The van der Waals surface area contributed by atoms with Crippen LogP contribution in [0.5, 0.6) is 5.75 Å². The lowest BCUT2D eigenvalue weighted by Crippen LogP contribution is -2.37. The number of nitrogens with zero attached hydrogens (tertiary/aromatic N) is 1. The van der Waals surface area contributed by atoms with E-state index in [1.54, 1.807) is 24.3 Å². The van der Waals surface area contributed by atoms with Crippen LogP contribution in [-0.2, 0) is 4.74 Å². The third-order valence-electron chi connectivity index (χ3n) is 3.18. The van der Waals surface area contributed by atoms with Crippen molar-refractivity contribution in [2.24, 2.45) is 0 Å². The Kier molecular flexibility index (Phi) is 2.68. The average molecular weight is 246 g/mol. The van der Waals surface area contributed by atoms with E-state index in [4.69, 9.17) is 4.74 Å². The number of benzene rings is 1. The van der Waals surface area contributed by atoms with Crippen molar-refractivity contribution in [1.82, 2.24) is 4.98 Å². The molecular formula is C13H14N2O3. The number of nitrogens with one attached hydrogen (secondary N) is 1. The molecule has 0 bridgehead atoms. The van der Waals surface area contributed by atoms with Crippen molar-refractivity contribution < 1.29 is 9.84 Å². The summed E-state index contributed by atoms with van der Waals surface area (Å²) in [5, 5.41) is 10.3. The van der Waals surface area contributed by atoms with Crippen LogP contribution in [0.1, 0.15) is 0 Å². The number of pyridine rings is 1. The fraction of sp³-hybridized carbons (Fsp3) is 0.308. The first-order valence-electron chi connectivity index (χ1n) is 5.93. The molecule has 0 atom stereocenters. The van der Waals surface area contributed by atoms with Gasteiger partial charge in [-0.2, -0.15) is 0 Å². The Bertz CT molecular complexity index is 630. The molecule has 1 aromatic carbocycles. The van der Waals surface area contributed by atoms with Crippen molar-refractivity contribution >= 4 is 16.7 Å². The topological polar surface area (TPSA) is 65.6 Å². The van der Waals surface area contributed by atoms with Crippen molar-refractivity contribution in [2.45, 2.75) is 0 Å². The number of hydrogen-bond acceptors (Lipinski definition) is 4. The van der Waals surface area contributed by atoms with Crippen molar-refractivity contribution in [3.8, 4) is 5.75 Å². The van der Waals surface area contributed by atoms with Gasteiger partial charge in [-0.15, -0.1) is 0 Å². The second-order valence-electron chi connectivity index (χ2n) is 4.32. The van der Waals surface area contributed by atoms with Crippen LogP contribution in [0.15, 0.2) is 29.1 Å². The van der Waals surface area contributed by atoms with Gasteiger partial charge in [-0.25, -0.2) is 0 Å². The molecule has 2 N–H and O–H groups in total. The molecule has 0 amide bonds. The van der Waals surface area contributed by atoms with Crippen LogP contribution in [-0.4, -0.2) is 36.4 Å². The zero-order chi connectivity index (χ0) is 12.5. The maximum absolute atomic E-state index is 12.0. The van der Waals surface area contributed by atoms with E-state index in [-0.39, 0.29) is 11.2 Å². The number of para-hydroxylation sites is 1. The molecule has 0 aliphatic carbocycles. The van der Waals surface area contributed by atoms with Crippen LogP contribution in [0.3, 0.4) is 0 Å². The van der Waals surface area contributed by atoms with Gasteiger partial charge in [-0.05, 0) is 12.1 Å². The number of aromatic hydroxyl groups is 1. The average Bonchev–Trinajstić information content (AvgIpc) is 2.41. The van der Waals surface area contributed by atoms with Gasteiger partial charge < -0.3 is 19.7 Å². The number of phenols is 1. The van der Waals surface area contributed by atoms with Gasteiger partial charge in [0.15, 0.2) is 5.43 Å². The quantitative estimate of drug-likeness (QED) is 0.790. The summed E-state index contributed by atoms with van der Waals surface area (Å²) in [6.07, 6.45) is 0. The van der Waals surface area contributed by atoms with E-state index in [0.717, 1.165) is 18.9 Å². The molecule has 2 heterocycles. The summed E-state index contributed by atoms with van der Waals surface area (Å²) < 4.78 is 5.28. The first-order chi connectivity index (χ1) is 8.75. The number of fused-ring (bicyclic) bond motifs is 1. The Hall–Kier alpha value is -2.01. The first kappa shape index (κ1) is 11.1. The predicted octanol–water partition coefficient (Wildman–Crippen LogP) is 1.07. The number of ether oxygens (including phenoxy) is 1. The number of aromatic amines is 1. The predicted molar refractivity (Wildman–Crippen MR) is 69.3 cm³/mol. The van der Waals surface area contributed by atoms with Crippen LogP contribution >= 0.6 is 0 Å². The highest BCUT2D eigenvalue weighted by molar-refractivity contribution is 5.85. The molecule has 1 aliphatic rings. The number of phenolic OH excluding ortho intramolecular Hbond substituents is 1. The van der Waals surface area contributed by atoms with Gasteiger partial charge in [0.2, 0.25) is 0 Å². The second-order valence-corrected chi connectivity index (χ2v) is 4.32. The lowest BCUT2D eigenvalue weighted by Gasteiger charge is -2.28. The first-order valence-corrected chi connectivity index (χ1v) is 5.93. The van der Waals surface area contributed by atoms with Gasteiger partial charge in [0, 0.05) is 24.5 Å². The van der Waals surface area contributed by atoms with Gasteiger partial charge in [-0.3, -0.25) is 4.79 Å². The molecule has 1 aliphatic heterocycles. The molecule has 3 rings (SSSR count). The maximum Gasteiger partial charge on any atom is 0.191 e. The second kappa shape index (κ2) is 4.34. The van der Waals surface area contributed by atoms with Crippen molar-refractivity contribution in [1.29, 1.82) is 0 Å². The van der Waals surface area contributed by atoms with E-state index in [9.17, 15) is 9.90 Å². The van der Waals surface area contributed by atoms with Crippen LogP contribution in [0.4, 0.5) is 5.82 Å². The fourth-order valence-corrected chi connectivity index (χ4v) is 2.22. The number of rotatable bonds is 1. The lowest BCUT2D eigenvalue weighted by molar-refractivity contribution is 0.122. The van der Waals surface area contributed by atoms with E-state index < -0.39 is 0 Å².